The third-order valence-corrected chi connectivity index (χ3v) is 3.72. The number of amides is 1. The molecule has 0 aromatic heterocycles. The zero-order valence-electron chi connectivity index (χ0n) is 11.6. The van der Waals surface area contributed by atoms with Gasteiger partial charge in [0.1, 0.15) is 0 Å². The van der Waals surface area contributed by atoms with E-state index in [0.717, 1.165) is 24.5 Å². The molecule has 1 N–H and O–H groups in total. The first-order valence-electron chi connectivity index (χ1n) is 7.23. The van der Waals surface area contributed by atoms with Crippen LogP contribution in [0.3, 0.4) is 0 Å². The molecule has 5 nitrogen and oxygen atoms in total. The number of carbonyl (C=O) groups excluding carboxylic acids is 1. The normalized spacial score (nSPS) is 18.6. The molecule has 0 aliphatic carbocycles. The second-order valence-corrected chi connectivity index (χ2v) is 5.31. The number of benzene rings is 1. The Morgan fingerprint density at radius 2 is 1.85 bits per heavy atom. The van der Waals surface area contributed by atoms with Crippen molar-refractivity contribution in [2.45, 2.75) is 25.7 Å². The molecule has 0 saturated carbocycles. The van der Waals surface area contributed by atoms with Gasteiger partial charge >= 0.3 is 0 Å². The first-order chi connectivity index (χ1) is 9.81. The molecule has 2 heterocycles. The second-order valence-electron chi connectivity index (χ2n) is 5.31. The highest BCUT2D eigenvalue weighted by molar-refractivity contribution is 5.92. The standard InChI is InChI=1S/C15H20N2O3/c18-15(10-17-7-3-1-2-4-8-17)16-12-5-6-13-14(9-12)20-11-19-13/h5-6,9H,1-4,7-8,10-11H2,(H,16,18). The van der Waals surface area contributed by atoms with Crippen LogP contribution in [0.25, 0.3) is 0 Å². The Morgan fingerprint density at radius 3 is 2.65 bits per heavy atom. The third-order valence-electron chi connectivity index (χ3n) is 3.72. The number of hydrogen-bond donors (Lipinski definition) is 1. The molecule has 0 spiro atoms. The van der Waals surface area contributed by atoms with Crippen molar-refractivity contribution in [1.29, 1.82) is 0 Å². The van der Waals surface area contributed by atoms with Gasteiger partial charge in [0.05, 0.1) is 6.54 Å². The zero-order chi connectivity index (χ0) is 13.8. The first kappa shape index (κ1) is 13.2. The lowest BCUT2D eigenvalue weighted by Crippen LogP contribution is -2.33. The van der Waals surface area contributed by atoms with Crippen LogP contribution < -0.4 is 14.8 Å². The molecule has 3 rings (SSSR count). The highest BCUT2D eigenvalue weighted by Gasteiger charge is 2.16. The molecule has 1 aromatic carbocycles. The number of nitrogens with zero attached hydrogens (tertiary/aromatic N) is 1. The number of ether oxygens (including phenoxy) is 2. The fraction of sp³-hybridized carbons (Fsp3) is 0.533. The van der Waals surface area contributed by atoms with E-state index in [-0.39, 0.29) is 12.7 Å². The Bertz CT molecular complexity index is 482. The zero-order valence-corrected chi connectivity index (χ0v) is 11.6. The molecular formula is C15H20N2O3. The van der Waals surface area contributed by atoms with Gasteiger partial charge in [0.25, 0.3) is 0 Å². The summed E-state index contributed by atoms with van der Waals surface area (Å²) >= 11 is 0. The molecule has 0 unspecified atom stereocenters. The van der Waals surface area contributed by atoms with E-state index in [4.69, 9.17) is 9.47 Å². The van der Waals surface area contributed by atoms with E-state index in [0.29, 0.717) is 12.3 Å². The summed E-state index contributed by atoms with van der Waals surface area (Å²) in [5.74, 6) is 1.46. The lowest BCUT2D eigenvalue weighted by Gasteiger charge is -2.19. The van der Waals surface area contributed by atoms with Gasteiger partial charge in [-0.25, -0.2) is 0 Å². The summed E-state index contributed by atoms with van der Waals surface area (Å²) in [6.45, 7) is 2.76. The van der Waals surface area contributed by atoms with Gasteiger partial charge in [-0.05, 0) is 38.1 Å². The van der Waals surface area contributed by atoms with E-state index in [1.54, 1.807) is 0 Å². The monoisotopic (exact) mass is 276 g/mol. The van der Waals surface area contributed by atoms with Gasteiger partial charge in [0.15, 0.2) is 11.5 Å². The number of carbonyl (C=O) groups is 1. The van der Waals surface area contributed by atoms with E-state index in [9.17, 15) is 4.79 Å². The summed E-state index contributed by atoms with van der Waals surface area (Å²) in [5.41, 5.74) is 0.758. The van der Waals surface area contributed by atoms with Gasteiger partial charge in [-0.1, -0.05) is 12.8 Å². The van der Waals surface area contributed by atoms with Crippen molar-refractivity contribution in [3.05, 3.63) is 18.2 Å². The summed E-state index contributed by atoms with van der Waals surface area (Å²) in [7, 11) is 0. The Balaban J connectivity index is 1.55. The Morgan fingerprint density at radius 1 is 1.10 bits per heavy atom. The van der Waals surface area contributed by atoms with E-state index < -0.39 is 0 Å². The second kappa shape index (κ2) is 6.13. The van der Waals surface area contributed by atoms with Crippen LogP contribution in [0.2, 0.25) is 0 Å². The average Bonchev–Trinajstić information content (AvgIpc) is 2.75. The molecule has 1 fully saturated rings. The van der Waals surface area contributed by atoms with Crippen molar-refractivity contribution in [1.82, 2.24) is 4.90 Å². The molecular weight excluding hydrogens is 256 g/mol. The first-order valence-corrected chi connectivity index (χ1v) is 7.23. The summed E-state index contributed by atoms with van der Waals surface area (Å²) in [6, 6.07) is 5.47. The minimum absolute atomic E-state index is 0.0331. The van der Waals surface area contributed by atoms with Gasteiger partial charge in [-0.2, -0.15) is 0 Å². The fourth-order valence-corrected chi connectivity index (χ4v) is 2.67. The highest BCUT2D eigenvalue weighted by atomic mass is 16.7. The lowest BCUT2D eigenvalue weighted by molar-refractivity contribution is -0.117. The van der Waals surface area contributed by atoms with E-state index in [1.807, 2.05) is 18.2 Å². The number of hydrogen-bond acceptors (Lipinski definition) is 4. The molecule has 108 valence electrons. The number of likely N-dealkylation sites (tertiary alicyclic amines) is 1. The average molecular weight is 276 g/mol. The minimum atomic E-state index is 0.0331. The Hall–Kier alpha value is -1.75. The smallest absolute Gasteiger partial charge is 0.238 e. The van der Waals surface area contributed by atoms with Crippen molar-refractivity contribution >= 4 is 11.6 Å². The molecule has 0 bridgehead atoms. The van der Waals surface area contributed by atoms with Crippen LogP contribution >= 0.6 is 0 Å². The van der Waals surface area contributed by atoms with E-state index >= 15 is 0 Å². The van der Waals surface area contributed by atoms with Crippen LogP contribution in [0.4, 0.5) is 5.69 Å². The maximum absolute atomic E-state index is 12.1. The van der Waals surface area contributed by atoms with Crippen molar-refractivity contribution in [3.8, 4) is 11.5 Å². The molecule has 5 heteroatoms. The lowest BCUT2D eigenvalue weighted by atomic mass is 10.2. The van der Waals surface area contributed by atoms with Crippen molar-refractivity contribution < 1.29 is 14.3 Å². The van der Waals surface area contributed by atoms with Crippen LogP contribution in [0.15, 0.2) is 18.2 Å². The summed E-state index contributed by atoms with van der Waals surface area (Å²) in [4.78, 5) is 14.3. The van der Waals surface area contributed by atoms with Gasteiger partial charge in [-0.15, -0.1) is 0 Å². The molecule has 2 aliphatic rings. The van der Waals surface area contributed by atoms with Crippen LogP contribution in [-0.4, -0.2) is 37.2 Å². The van der Waals surface area contributed by atoms with E-state index in [1.165, 1.54) is 25.7 Å². The maximum Gasteiger partial charge on any atom is 0.238 e. The Kier molecular flexibility index (Phi) is 4.06. The van der Waals surface area contributed by atoms with Crippen LogP contribution in [0.5, 0.6) is 11.5 Å². The van der Waals surface area contributed by atoms with Gasteiger partial charge in [0.2, 0.25) is 12.7 Å². The van der Waals surface area contributed by atoms with Crippen LogP contribution in [0.1, 0.15) is 25.7 Å². The molecule has 1 aromatic rings. The maximum atomic E-state index is 12.1. The van der Waals surface area contributed by atoms with Crippen molar-refractivity contribution in [2.75, 3.05) is 31.7 Å². The van der Waals surface area contributed by atoms with Crippen LogP contribution in [-0.2, 0) is 4.79 Å². The number of rotatable bonds is 3. The van der Waals surface area contributed by atoms with E-state index in [2.05, 4.69) is 10.2 Å². The third kappa shape index (κ3) is 3.22. The molecule has 1 amide bonds. The number of anilines is 1. The number of fused-ring (bicyclic) bond motifs is 1. The molecule has 0 radical (unpaired) electrons. The van der Waals surface area contributed by atoms with Gasteiger partial charge in [-0.3, -0.25) is 9.69 Å². The highest BCUT2D eigenvalue weighted by Crippen LogP contribution is 2.34. The summed E-state index contributed by atoms with van der Waals surface area (Å²) < 4.78 is 10.6. The molecule has 1 saturated heterocycles. The molecule has 0 atom stereocenters. The summed E-state index contributed by atoms with van der Waals surface area (Å²) in [5, 5.41) is 2.92. The van der Waals surface area contributed by atoms with Crippen molar-refractivity contribution in [2.24, 2.45) is 0 Å². The predicted octanol–water partition coefficient (Wildman–Crippen LogP) is 2.23. The van der Waals surface area contributed by atoms with Gasteiger partial charge < -0.3 is 14.8 Å². The largest absolute Gasteiger partial charge is 0.454 e. The fourth-order valence-electron chi connectivity index (χ4n) is 2.67. The van der Waals surface area contributed by atoms with Crippen LogP contribution in [0, 0.1) is 0 Å². The Labute approximate surface area is 118 Å². The predicted molar refractivity (Wildman–Crippen MR) is 76.1 cm³/mol. The minimum Gasteiger partial charge on any atom is -0.454 e. The topological polar surface area (TPSA) is 50.8 Å². The van der Waals surface area contributed by atoms with Crippen molar-refractivity contribution in [3.63, 3.8) is 0 Å². The SMILES string of the molecule is O=C(CN1CCCCCC1)Nc1ccc2c(c1)OCO2. The van der Waals surface area contributed by atoms with Gasteiger partial charge in [0, 0.05) is 11.8 Å². The quantitative estimate of drug-likeness (QED) is 0.919. The molecule has 2 aliphatic heterocycles. The number of nitrogens with one attached hydrogen (secondary N) is 1. The summed E-state index contributed by atoms with van der Waals surface area (Å²) in [6.07, 6.45) is 4.94. The molecule has 20 heavy (non-hydrogen) atoms.